The summed E-state index contributed by atoms with van der Waals surface area (Å²) in [4.78, 5) is 0.370. The number of rotatable bonds is 1. The average Bonchev–Trinajstić information content (AvgIpc) is 1.88. The van der Waals surface area contributed by atoms with Crippen molar-refractivity contribution in [2.24, 2.45) is 0 Å². The lowest BCUT2D eigenvalue weighted by Crippen LogP contribution is -1.97. The molecule has 0 amide bonds. The fourth-order valence-electron chi connectivity index (χ4n) is 0.668. The van der Waals surface area contributed by atoms with Crippen molar-refractivity contribution in [3.8, 4) is 0 Å². The molecule has 0 saturated carbocycles. The molecule has 1 aromatic carbocycles. The van der Waals surface area contributed by atoms with Crippen molar-refractivity contribution in [1.82, 2.24) is 0 Å². The molecule has 1 aromatic rings. The molecular formula is C6H7BO2S. The fourth-order valence-corrected chi connectivity index (χ4v) is 1.32. The summed E-state index contributed by atoms with van der Waals surface area (Å²) in [5.74, 6) is 0. The topological polar surface area (TPSA) is 34.1 Å². The zero-order valence-electron chi connectivity index (χ0n) is 5.61. The van der Waals surface area contributed by atoms with E-state index in [-0.39, 0.29) is 0 Å². The number of hydrogen-bond donors (Lipinski definition) is 0. The molecule has 0 fully saturated rings. The molecule has 0 unspecified atom stereocenters. The minimum Gasteiger partial charge on any atom is -0.237 e. The highest BCUT2D eigenvalue weighted by atomic mass is 32.2. The first-order valence-electron chi connectivity index (χ1n) is 2.86. The second-order valence-corrected chi connectivity index (χ2v) is 4.10. The summed E-state index contributed by atoms with van der Waals surface area (Å²) in [5.41, 5.74) is 0. The smallest absolute Gasteiger partial charge is 0.237 e. The Labute approximate surface area is 61.1 Å². The van der Waals surface area contributed by atoms with Crippen LogP contribution in [0.2, 0.25) is 0 Å². The van der Waals surface area contributed by atoms with Crippen LogP contribution in [0.15, 0.2) is 35.2 Å². The highest BCUT2D eigenvalue weighted by Crippen LogP contribution is 2.04. The van der Waals surface area contributed by atoms with Gasteiger partial charge in [0.05, 0.1) is 4.90 Å². The molecular weight excluding hydrogens is 147 g/mol. The molecule has 0 aliphatic heterocycles. The van der Waals surface area contributed by atoms with Crippen molar-refractivity contribution in [2.45, 2.75) is 4.90 Å². The van der Waals surface area contributed by atoms with Gasteiger partial charge in [-0.25, -0.2) is 8.42 Å². The minimum atomic E-state index is -3.00. The third kappa shape index (κ3) is 1.61. The lowest BCUT2D eigenvalue weighted by molar-refractivity contribution is 0.609. The van der Waals surface area contributed by atoms with Gasteiger partial charge in [-0.1, -0.05) is 18.2 Å². The predicted octanol–water partition coefficient (Wildman–Crippen LogP) is 0.00840. The molecule has 0 radical (unpaired) electrons. The zero-order chi connectivity index (χ0) is 7.61. The van der Waals surface area contributed by atoms with E-state index in [4.69, 9.17) is 0 Å². The van der Waals surface area contributed by atoms with Crippen molar-refractivity contribution in [1.29, 1.82) is 0 Å². The standard InChI is InChI=1S/C6H7BO2S/c7-10(8,9)6-4-2-1-3-5-6/h1-5H,7H2. The van der Waals surface area contributed by atoms with Crippen LogP contribution in [0.4, 0.5) is 0 Å². The summed E-state index contributed by atoms with van der Waals surface area (Å²) >= 11 is 0. The van der Waals surface area contributed by atoms with Gasteiger partial charge in [-0.05, 0) is 12.1 Å². The van der Waals surface area contributed by atoms with Crippen LogP contribution < -0.4 is 0 Å². The van der Waals surface area contributed by atoms with E-state index in [0.717, 1.165) is 0 Å². The normalized spacial score (nSPS) is 11.2. The highest BCUT2D eigenvalue weighted by molar-refractivity contribution is 8.12. The molecule has 2 nitrogen and oxygen atoms in total. The first-order chi connectivity index (χ1) is 4.61. The van der Waals surface area contributed by atoms with Crippen LogP contribution in [0.5, 0.6) is 0 Å². The Morgan fingerprint density at radius 1 is 1.10 bits per heavy atom. The summed E-state index contributed by atoms with van der Waals surface area (Å²) in [5, 5.41) is 0. The molecule has 0 N–H and O–H groups in total. The molecule has 0 bridgehead atoms. The fraction of sp³-hybridized carbons (Fsp3) is 0. The van der Waals surface area contributed by atoms with Gasteiger partial charge in [0.2, 0.25) is 0 Å². The van der Waals surface area contributed by atoms with Crippen LogP contribution in [0.25, 0.3) is 0 Å². The van der Waals surface area contributed by atoms with Gasteiger partial charge in [-0.15, -0.1) is 0 Å². The molecule has 52 valence electrons. The van der Waals surface area contributed by atoms with E-state index in [1.54, 1.807) is 30.3 Å². The van der Waals surface area contributed by atoms with Gasteiger partial charge in [-0.3, -0.25) is 0 Å². The zero-order valence-corrected chi connectivity index (χ0v) is 6.43. The Morgan fingerprint density at radius 3 is 1.90 bits per heavy atom. The molecule has 1 rings (SSSR count). The third-order valence-corrected chi connectivity index (χ3v) is 2.30. The first kappa shape index (κ1) is 7.34. The number of benzene rings is 1. The molecule has 4 heteroatoms. The molecule has 0 atom stereocenters. The van der Waals surface area contributed by atoms with E-state index in [2.05, 4.69) is 0 Å². The van der Waals surface area contributed by atoms with Crippen LogP contribution in [0.3, 0.4) is 0 Å². The van der Waals surface area contributed by atoms with Crippen molar-refractivity contribution in [3.05, 3.63) is 30.3 Å². The lowest BCUT2D eigenvalue weighted by atomic mass is 10.4. The number of hydrogen-bond acceptors (Lipinski definition) is 2. The SMILES string of the molecule is BS(=O)(=O)c1ccccc1. The highest BCUT2D eigenvalue weighted by Gasteiger charge is 2.02. The van der Waals surface area contributed by atoms with E-state index in [1.165, 1.54) is 7.12 Å². The van der Waals surface area contributed by atoms with Crippen LogP contribution in [0, 0.1) is 0 Å². The Balaban J connectivity index is 3.22. The summed E-state index contributed by atoms with van der Waals surface area (Å²) in [6.45, 7) is 0. The maximum absolute atomic E-state index is 10.8. The van der Waals surface area contributed by atoms with E-state index < -0.39 is 9.69 Å². The van der Waals surface area contributed by atoms with Crippen LogP contribution in [-0.4, -0.2) is 15.5 Å². The lowest BCUT2D eigenvalue weighted by Gasteiger charge is -1.94. The Morgan fingerprint density at radius 2 is 1.60 bits per heavy atom. The Kier molecular flexibility index (Phi) is 1.81. The van der Waals surface area contributed by atoms with E-state index in [0.29, 0.717) is 4.90 Å². The van der Waals surface area contributed by atoms with Gasteiger partial charge < -0.3 is 0 Å². The van der Waals surface area contributed by atoms with Gasteiger partial charge in [0.1, 0.15) is 9.69 Å². The van der Waals surface area contributed by atoms with Crippen LogP contribution >= 0.6 is 0 Å². The van der Waals surface area contributed by atoms with Gasteiger partial charge >= 0.3 is 0 Å². The predicted molar refractivity (Wildman–Crippen MR) is 42.2 cm³/mol. The van der Waals surface area contributed by atoms with Crippen molar-refractivity contribution >= 4 is 16.8 Å². The van der Waals surface area contributed by atoms with Crippen molar-refractivity contribution in [3.63, 3.8) is 0 Å². The summed E-state index contributed by atoms with van der Waals surface area (Å²) in [7, 11) is -1.81. The molecule has 0 aromatic heterocycles. The van der Waals surface area contributed by atoms with Gasteiger partial charge in [0.15, 0.2) is 0 Å². The second kappa shape index (κ2) is 2.46. The van der Waals surface area contributed by atoms with Crippen molar-refractivity contribution in [2.75, 3.05) is 0 Å². The van der Waals surface area contributed by atoms with E-state index in [9.17, 15) is 8.42 Å². The monoisotopic (exact) mass is 154 g/mol. The third-order valence-electron chi connectivity index (χ3n) is 1.17. The summed E-state index contributed by atoms with van der Waals surface area (Å²) < 4.78 is 21.7. The largest absolute Gasteiger partial charge is 0.262 e. The minimum absolute atomic E-state index is 0.370. The van der Waals surface area contributed by atoms with Crippen LogP contribution in [0.1, 0.15) is 0 Å². The average molecular weight is 154 g/mol. The maximum Gasteiger partial charge on any atom is 0.262 e. The molecule has 0 aliphatic carbocycles. The van der Waals surface area contributed by atoms with Crippen molar-refractivity contribution < 1.29 is 8.42 Å². The molecule has 0 spiro atoms. The quantitative estimate of drug-likeness (QED) is 0.534. The Bertz CT molecular complexity index is 304. The molecule has 0 aliphatic rings. The molecule has 0 heterocycles. The summed E-state index contributed by atoms with van der Waals surface area (Å²) in [6, 6.07) is 8.35. The molecule has 10 heavy (non-hydrogen) atoms. The maximum atomic E-state index is 10.8. The van der Waals surface area contributed by atoms with Crippen LogP contribution in [-0.2, 0) is 9.69 Å². The van der Waals surface area contributed by atoms with E-state index in [1.807, 2.05) is 0 Å². The Hall–Kier alpha value is -0.765. The van der Waals surface area contributed by atoms with Gasteiger partial charge in [0, 0.05) is 0 Å². The second-order valence-electron chi connectivity index (χ2n) is 2.09. The first-order valence-corrected chi connectivity index (χ1v) is 4.75. The summed E-state index contributed by atoms with van der Waals surface area (Å²) in [6.07, 6.45) is 0. The van der Waals surface area contributed by atoms with Gasteiger partial charge in [0.25, 0.3) is 7.12 Å². The van der Waals surface area contributed by atoms with Gasteiger partial charge in [-0.2, -0.15) is 0 Å². The molecule has 0 saturated heterocycles. The van der Waals surface area contributed by atoms with E-state index >= 15 is 0 Å².